The number of nitrogens with one attached hydrogen (secondary N) is 1. The molecular formula is C5H8N2O3S. The number of rotatable bonds is 3. The highest BCUT2D eigenvalue weighted by molar-refractivity contribution is 7.84. The molecule has 1 aromatic rings. The van der Waals surface area contributed by atoms with Crippen molar-refractivity contribution in [3.8, 4) is 0 Å². The van der Waals surface area contributed by atoms with E-state index in [1.807, 2.05) is 0 Å². The molecule has 0 fully saturated rings. The van der Waals surface area contributed by atoms with Crippen molar-refractivity contribution in [1.29, 1.82) is 0 Å². The molecule has 0 radical (unpaired) electrons. The molecule has 62 valence electrons. The maximum atomic E-state index is 10.3. The first-order valence-electron chi connectivity index (χ1n) is 2.87. The van der Waals surface area contributed by atoms with Crippen LogP contribution in [-0.4, -0.2) is 13.4 Å². The number of hydrogen-bond donors (Lipinski definition) is 2. The van der Waals surface area contributed by atoms with Crippen LogP contribution in [0.1, 0.15) is 5.56 Å². The largest absolute Gasteiger partial charge is 0.367 e. The minimum absolute atomic E-state index is 0.0255. The number of hydrogen-bond acceptors (Lipinski definition) is 3. The second-order valence-electron chi connectivity index (χ2n) is 1.97. The van der Waals surface area contributed by atoms with Gasteiger partial charge in [-0.1, -0.05) is 0 Å². The lowest BCUT2D eigenvalue weighted by Crippen LogP contribution is -2.15. The highest BCUT2D eigenvalue weighted by Gasteiger charge is 2.01. The molecule has 1 rings (SSSR count). The minimum Gasteiger partial charge on any atom is -0.367 e. The lowest BCUT2D eigenvalue weighted by molar-refractivity contribution is 0.309. The molecule has 1 heterocycles. The molecule has 6 heteroatoms. The van der Waals surface area contributed by atoms with Crippen LogP contribution in [0.15, 0.2) is 18.5 Å². The fraction of sp³-hybridized carbons (Fsp3) is 0.200. The summed E-state index contributed by atoms with van der Waals surface area (Å²) in [7, 11) is -3.81. The number of H-pyrrole nitrogens is 1. The number of aromatic amines is 1. The van der Waals surface area contributed by atoms with Crippen LogP contribution in [-0.2, 0) is 21.1 Å². The van der Waals surface area contributed by atoms with Gasteiger partial charge in [-0.3, -0.25) is 4.18 Å². The highest BCUT2D eigenvalue weighted by Crippen LogP contribution is 1.99. The van der Waals surface area contributed by atoms with Crippen LogP contribution in [0.4, 0.5) is 0 Å². The van der Waals surface area contributed by atoms with E-state index >= 15 is 0 Å². The third kappa shape index (κ3) is 3.17. The zero-order chi connectivity index (χ0) is 8.32. The van der Waals surface area contributed by atoms with E-state index in [2.05, 4.69) is 14.3 Å². The lowest BCUT2D eigenvalue weighted by atomic mass is 10.4. The fourth-order valence-corrected chi connectivity index (χ4v) is 0.899. The Labute approximate surface area is 64.4 Å². The van der Waals surface area contributed by atoms with E-state index in [1.54, 1.807) is 18.5 Å². The number of aromatic nitrogens is 1. The lowest BCUT2D eigenvalue weighted by Gasteiger charge is -1.96. The van der Waals surface area contributed by atoms with Crippen molar-refractivity contribution in [1.82, 2.24) is 4.98 Å². The molecule has 0 aromatic carbocycles. The summed E-state index contributed by atoms with van der Waals surface area (Å²) in [5.74, 6) is 0. The maximum absolute atomic E-state index is 10.3. The Hall–Kier alpha value is -0.850. The smallest absolute Gasteiger partial charge is 0.333 e. The van der Waals surface area contributed by atoms with Gasteiger partial charge in [0.2, 0.25) is 0 Å². The zero-order valence-electron chi connectivity index (χ0n) is 5.65. The first kappa shape index (κ1) is 8.25. The van der Waals surface area contributed by atoms with E-state index in [4.69, 9.17) is 0 Å². The normalized spacial score (nSPS) is 11.7. The van der Waals surface area contributed by atoms with Crippen molar-refractivity contribution in [2.45, 2.75) is 6.61 Å². The van der Waals surface area contributed by atoms with E-state index in [1.165, 1.54) is 0 Å². The molecule has 11 heavy (non-hydrogen) atoms. The fourth-order valence-electron chi connectivity index (χ4n) is 0.598. The van der Waals surface area contributed by atoms with E-state index in [0.717, 1.165) is 5.56 Å². The first-order chi connectivity index (χ1) is 5.08. The Kier molecular flexibility index (Phi) is 2.28. The topological polar surface area (TPSA) is 85.2 Å². The Bertz CT molecular complexity index is 302. The van der Waals surface area contributed by atoms with Crippen molar-refractivity contribution in [3.63, 3.8) is 0 Å². The van der Waals surface area contributed by atoms with E-state index in [0.29, 0.717) is 0 Å². The van der Waals surface area contributed by atoms with Gasteiger partial charge < -0.3 is 4.98 Å². The van der Waals surface area contributed by atoms with E-state index in [-0.39, 0.29) is 6.61 Å². The predicted molar refractivity (Wildman–Crippen MR) is 38.7 cm³/mol. The molecule has 1 aromatic heterocycles. The van der Waals surface area contributed by atoms with E-state index < -0.39 is 10.3 Å². The molecule has 0 aliphatic rings. The molecule has 0 aliphatic heterocycles. The summed E-state index contributed by atoms with van der Waals surface area (Å²) in [5.41, 5.74) is 0.735. The molecule has 0 saturated carbocycles. The molecule has 0 bridgehead atoms. The molecule has 0 aliphatic carbocycles. The minimum atomic E-state index is -3.81. The second-order valence-corrected chi connectivity index (χ2v) is 3.20. The van der Waals surface area contributed by atoms with Gasteiger partial charge in [-0.15, -0.1) is 0 Å². The average Bonchev–Trinajstić information content (AvgIpc) is 2.32. The van der Waals surface area contributed by atoms with Gasteiger partial charge in [-0.2, -0.15) is 8.42 Å². The summed E-state index contributed by atoms with van der Waals surface area (Å²) in [5, 5.41) is 4.59. The number of nitrogens with two attached hydrogens (primary N) is 1. The van der Waals surface area contributed by atoms with Crippen molar-refractivity contribution in [2.75, 3.05) is 0 Å². The summed E-state index contributed by atoms with van der Waals surface area (Å²) < 4.78 is 24.8. The predicted octanol–water partition coefficient (Wildman–Crippen LogP) is -0.265. The van der Waals surface area contributed by atoms with Crippen molar-refractivity contribution >= 4 is 10.3 Å². The standard InChI is InChI=1S/C5H8N2O3S/c6-11(8,9)10-4-5-1-2-7-3-5/h1-3,7H,4H2,(H2,6,8,9). The Morgan fingerprint density at radius 3 is 2.82 bits per heavy atom. The van der Waals surface area contributed by atoms with Gasteiger partial charge in [0.05, 0.1) is 6.61 Å². The SMILES string of the molecule is NS(=O)(=O)OCc1cc[nH]c1. The van der Waals surface area contributed by atoms with Crippen LogP contribution in [0.5, 0.6) is 0 Å². The summed E-state index contributed by atoms with van der Waals surface area (Å²) in [6, 6.07) is 1.70. The van der Waals surface area contributed by atoms with Gasteiger partial charge in [0.1, 0.15) is 0 Å². The molecule has 0 atom stereocenters. The van der Waals surface area contributed by atoms with Crippen LogP contribution in [0.2, 0.25) is 0 Å². The Balaban J connectivity index is 2.48. The first-order valence-corrected chi connectivity index (χ1v) is 4.34. The third-order valence-electron chi connectivity index (χ3n) is 1.05. The second kappa shape index (κ2) is 3.04. The van der Waals surface area contributed by atoms with Crippen LogP contribution >= 0.6 is 0 Å². The van der Waals surface area contributed by atoms with Gasteiger partial charge in [0.25, 0.3) is 0 Å². The monoisotopic (exact) mass is 176 g/mol. The molecular weight excluding hydrogens is 168 g/mol. The van der Waals surface area contributed by atoms with Gasteiger partial charge in [0, 0.05) is 12.4 Å². The van der Waals surface area contributed by atoms with Crippen LogP contribution in [0, 0.1) is 0 Å². The summed E-state index contributed by atoms with van der Waals surface area (Å²) in [4.78, 5) is 2.75. The Morgan fingerprint density at radius 1 is 1.64 bits per heavy atom. The van der Waals surface area contributed by atoms with Gasteiger partial charge >= 0.3 is 10.3 Å². The third-order valence-corrected chi connectivity index (χ3v) is 1.50. The molecule has 0 unspecified atom stereocenters. The van der Waals surface area contributed by atoms with Gasteiger partial charge in [-0.25, -0.2) is 5.14 Å². The molecule has 0 spiro atoms. The molecule has 0 saturated heterocycles. The molecule has 3 N–H and O–H groups in total. The Morgan fingerprint density at radius 2 is 2.36 bits per heavy atom. The summed E-state index contributed by atoms with van der Waals surface area (Å²) in [6.07, 6.45) is 3.30. The average molecular weight is 176 g/mol. The molecule has 5 nitrogen and oxygen atoms in total. The van der Waals surface area contributed by atoms with Crippen LogP contribution in [0.25, 0.3) is 0 Å². The van der Waals surface area contributed by atoms with Crippen molar-refractivity contribution in [3.05, 3.63) is 24.0 Å². The van der Waals surface area contributed by atoms with Gasteiger partial charge in [-0.05, 0) is 11.6 Å². The summed E-state index contributed by atoms with van der Waals surface area (Å²) in [6.45, 7) is -0.0255. The van der Waals surface area contributed by atoms with Crippen LogP contribution in [0.3, 0.4) is 0 Å². The maximum Gasteiger partial charge on any atom is 0.333 e. The van der Waals surface area contributed by atoms with E-state index in [9.17, 15) is 8.42 Å². The van der Waals surface area contributed by atoms with Crippen molar-refractivity contribution in [2.24, 2.45) is 5.14 Å². The van der Waals surface area contributed by atoms with Crippen molar-refractivity contribution < 1.29 is 12.6 Å². The quantitative estimate of drug-likeness (QED) is 0.665. The highest BCUT2D eigenvalue weighted by atomic mass is 32.2. The van der Waals surface area contributed by atoms with Crippen LogP contribution < -0.4 is 5.14 Å². The summed E-state index contributed by atoms with van der Waals surface area (Å²) >= 11 is 0. The molecule has 0 amide bonds. The van der Waals surface area contributed by atoms with Gasteiger partial charge in [0.15, 0.2) is 0 Å². The zero-order valence-corrected chi connectivity index (χ0v) is 6.47.